The Kier molecular flexibility index (Phi) is 6.37. The summed E-state index contributed by atoms with van der Waals surface area (Å²) in [7, 11) is 0. The second-order valence-corrected chi connectivity index (χ2v) is 8.91. The van der Waals surface area contributed by atoms with Crippen molar-refractivity contribution in [2.75, 3.05) is 0 Å². The van der Waals surface area contributed by atoms with Gasteiger partial charge in [0.05, 0.1) is 11.6 Å². The van der Waals surface area contributed by atoms with E-state index in [-0.39, 0.29) is 17.7 Å². The van der Waals surface area contributed by atoms with Gasteiger partial charge in [-0.15, -0.1) is 11.3 Å². The lowest BCUT2D eigenvalue weighted by Gasteiger charge is -2.19. The largest absolute Gasteiger partial charge is 0.419 e. The van der Waals surface area contributed by atoms with Gasteiger partial charge >= 0.3 is 5.76 Å². The first kappa shape index (κ1) is 21.1. The number of fused-ring (bicyclic) bond motifs is 1. The number of hydrogen-bond acceptors (Lipinski definition) is 4. The number of benzene rings is 2. The molecule has 0 radical (unpaired) electrons. The molecule has 0 aliphatic rings. The quantitative estimate of drug-likeness (QED) is 0.400. The Hall–Kier alpha value is -3.12. The Morgan fingerprint density at radius 3 is 2.48 bits per heavy atom. The normalized spacial score (nSPS) is 12.4. The number of carbonyl (C=O) groups excluding carboxylic acids is 1. The number of hydrogen-bond donors (Lipinski definition) is 1. The minimum Gasteiger partial charge on any atom is -0.408 e. The predicted molar refractivity (Wildman–Crippen MR) is 125 cm³/mol. The zero-order chi connectivity index (χ0) is 21.8. The summed E-state index contributed by atoms with van der Waals surface area (Å²) in [6, 6.07) is 19.6. The molecule has 0 fully saturated rings. The highest BCUT2D eigenvalue weighted by Gasteiger charge is 2.18. The maximum Gasteiger partial charge on any atom is 0.419 e. The van der Waals surface area contributed by atoms with E-state index in [4.69, 9.17) is 4.42 Å². The maximum atomic E-state index is 12.8. The van der Waals surface area contributed by atoms with Crippen LogP contribution in [0.1, 0.15) is 54.7 Å². The van der Waals surface area contributed by atoms with Crippen LogP contribution < -0.4 is 11.1 Å². The number of carbonyl (C=O) groups is 1. The summed E-state index contributed by atoms with van der Waals surface area (Å²) in [5, 5.41) is 5.20. The summed E-state index contributed by atoms with van der Waals surface area (Å²) in [5.74, 6) is 0.0433. The smallest absolute Gasteiger partial charge is 0.408 e. The Balaban J connectivity index is 1.43. The number of aryl methyl sites for hydroxylation is 1. The average molecular weight is 435 g/mol. The molecule has 2 aromatic carbocycles. The van der Waals surface area contributed by atoms with E-state index in [0.717, 1.165) is 16.0 Å². The standard InChI is InChI=1S/C25H26N2O3S/c1-17(2)18-11-13-19(14-12-18)24(22-9-6-16-31-22)26-23(28)10-5-15-27-20-7-3-4-8-21(20)30-25(27)29/h3-4,6-9,11-14,16-17,24H,5,10,15H2,1-2H3,(H,26,28). The Morgan fingerprint density at radius 1 is 1.03 bits per heavy atom. The molecule has 4 rings (SSSR count). The lowest BCUT2D eigenvalue weighted by atomic mass is 9.98. The average Bonchev–Trinajstić information content (AvgIpc) is 3.40. The maximum absolute atomic E-state index is 12.8. The van der Waals surface area contributed by atoms with Gasteiger partial charge in [0.2, 0.25) is 5.91 Å². The number of rotatable bonds is 8. The molecule has 0 aliphatic heterocycles. The van der Waals surface area contributed by atoms with Crippen molar-refractivity contribution in [3.63, 3.8) is 0 Å². The number of oxazole rings is 1. The van der Waals surface area contributed by atoms with Crippen LogP contribution in [0.25, 0.3) is 11.1 Å². The SMILES string of the molecule is CC(C)c1ccc(C(NC(=O)CCCn2c(=O)oc3ccccc32)c2cccs2)cc1. The molecule has 2 aromatic heterocycles. The number of para-hydroxylation sites is 2. The third-order valence-electron chi connectivity index (χ3n) is 5.43. The van der Waals surface area contributed by atoms with Gasteiger partial charge in [-0.25, -0.2) is 4.79 Å². The number of nitrogens with one attached hydrogen (secondary N) is 1. The number of aromatic nitrogens is 1. The van der Waals surface area contributed by atoms with Crippen molar-refractivity contribution in [3.8, 4) is 0 Å². The lowest BCUT2D eigenvalue weighted by Crippen LogP contribution is -2.29. The number of nitrogens with zero attached hydrogens (tertiary/aromatic N) is 1. The van der Waals surface area contributed by atoms with Crippen molar-refractivity contribution in [1.82, 2.24) is 9.88 Å². The number of amides is 1. The van der Waals surface area contributed by atoms with Crippen LogP contribution in [0.5, 0.6) is 0 Å². The summed E-state index contributed by atoms with van der Waals surface area (Å²) in [4.78, 5) is 26.0. The van der Waals surface area contributed by atoms with E-state index in [2.05, 4.69) is 43.4 Å². The summed E-state index contributed by atoms with van der Waals surface area (Å²) in [5.41, 5.74) is 3.67. The van der Waals surface area contributed by atoms with Gasteiger partial charge in [-0.1, -0.05) is 56.3 Å². The fourth-order valence-corrected chi connectivity index (χ4v) is 4.51. The highest BCUT2D eigenvalue weighted by molar-refractivity contribution is 7.10. The predicted octanol–water partition coefficient (Wildman–Crippen LogP) is 5.47. The molecule has 0 saturated heterocycles. The highest BCUT2D eigenvalue weighted by Crippen LogP contribution is 2.27. The fraction of sp³-hybridized carbons (Fsp3) is 0.280. The molecule has 4 aromatic rings. The Morgan fingerprint density at radius 2 is 1.77 bits per heavy atom. The molecule has 5 nitrogen and oxygen atoms in total. The molecule has 1 atom stereocenters. The van der Waals surface area contributed by atoms with Crippen molar-refractivity contribution in [3.05, 3.63) is 92.6 Å². The summed E-state index contributed by atoms with van der Waals surface area (Å²) >= 11 is 1.63. The molecule has 160 valence electrons. The van der Waals surface area contributed by atoms with Gasteiger partial charge in [0.25, 0.3) is 0 Å². The zero-order valence-corrected chi connectivity index (χ0v) is 18.5. The molecule has 31 heavy (non-hydrogen) atoms. The van der Waals surface area contributed by atoms with Gasteiger partial charge in [0.15, 0.2) is 5.58 Å². The van der Waals surface area contributed by atoms with Crippen molar-refractivity contribution in [2.45, 2.75) is 45.2 Å². The zero-order valence-electron chi connectivity index (χ0n) is 17.7. The van der Waals surface area contributed by atoms with E-state index in [0.29, 0.717) is 30.9 Å². The van der Waals surface area contributed by atoms with Crippen molar-refractivity contribution < 1.29 is 9.21 Å². The molecule has 1 unspecified atom stereocenters. The van der Waals surface area contributed by atoms with Crippen LogP contribution >= 0.6 is 11.3 Å². The van der Waals surface area contributed by atoms with Crippen LogP contribution in [0.2, 0.25) is 0 Å². The molecule has 0 bridgehead atoms. The van der Waals surface area contributed by atoms with Crippen LogP contribution in [0.15, 0.2) is 75.3 Å². The third kappa shape index (κ3) is 4.80. The molecule has 1 N–H and O–H groups in total. The summed E-state index contributed by atoms with van der Waals surface area (Å²) in [6.45, 7) is 4.78. The minimum absolute atomic E-state index is 0.0350. The Bertz CT molecular complexity index is 1200. The first-order valence-electron chi connectivity index (χ1n) is 10.5. The van der Waals surface area contributed by atoms with E-state index < -0.39 is 0 Å². The van der Waals surface area contributed by atoms with Crippen LogP contribution in [0, 0.1) is 0 Å². The Labute approximate surface area is 185 Å². The highest BCUT2D eigenvalue weighted by atomic mass is 32.1. The lowest BCUT2D eigenvalue weighted by molar-refractivity contribution is -0.121. The number of thiophene rings is 1. The second kappa shape index (κ2) is 9.35. The second-order valence-electron chi connectivity index (χ2n) is 7.93. The van der Waals surface area contributed by atoms with E-state index in [1.807, 2.05) is 35.7 Å². The molecule has 0 spiro atoms. The fourth-order valence-electron chi connectivity index (χ4n) is 3.70. The van der Waals surface area contributed by atoms with Crippen molar-refractivity contribution in [1.29, 1.82) is 0 Å². The van der Waals surface area contributed by atoms with Crippen LogP contribution in [0.4, 0.5) is 0 Å². The van der Waals surface area contributed by atoms with E-state index in [1.165, 1.54) is 5.56 Å². The van der Waals surface area contributed by atoms with Crippen LogP contribution in [-0.2, 0) is 11.3 Å². The topological polar surface area (TPSA) is 64.2 Å². The molecule has 2 heterocycles. The van der Waals surface area contributed by atoms with Crippen molar-refractivity contribution >= 4 is 28.3 Å². The monoisotopic (exact) mass is 434 g/mol. The van der Waals surface area contributed by atoms with Crippen molar-refractivity contribution in [2.24, 2.45) is 0 Å². The molecular weight excluding hydrogens is 408 g/mol. The third-order valence-corrected chi connectivity index (χ3v) is 6.37. The van der Waals surface area contributed by atoms with E-state index in [9.17, 15) is 9.59 Å². The minimum atomic E-state index is -0.386. The van der Waals surface area contributed by atoms with Gasteiger partial charge in [-0.2, -0.15) is 0 Å². The van der Waals surface area contributed by atoms with Crippen LogP contribution in [0.3, 0.4) is 0 Å². The molecule has 0 saturated carbocycles. The van der Waals surface area contributed by atoms with E-state index >= 15 is 0 Å². The van der Waals surface area contributed by atoms with Gasteiger partial charge in [0.1, 0.15) is 0 Å². The molecule has 0 aliphatic carbocycles. The van der Waals surface area contributed by atoms with Gasteiger partial charge in [-0.05, 0) is 47.0 Å². The van der Waals surface area contributed by atoms with Crippen LogP contribution in [-0.4, -0.2) is 10.5 Å². The van der Waals surface area contributed by atoms with E-state index in [1.54, 1.807) is 22.0 Å². The van der Waals surface area contributed by atoms with Gasteiger partial charge < -0.3 is 9.73 Å². The first-order valence-corrected chi connectivity index (χ1v) is 11.4. The molecule has 6 heteroatoms. The first-order chi connectivity index (χ1) is 15.0. The van der Waals surface area contributed by atoms with Gasteiger partial charge in [0, 0.05) is 17.8 Å². The van der Waals surface area contributed by atoms with Gasteiger partial charge in [-0.3, -0.25) is 9.36 Å². The molecular formula is C25H26N2O3S. The summed E-state index contributed by atoms with van der Waals surface area (Å²) in [6.07, 6.45) is 0.886. The summed E-state index contributed by atoms with van der Waals surface area (Å²) < 4.78 is 6.85. The molecule has 1 amide bonds.